The summed E-state index contributed by atoms with van der Waals surface area (Å²) in [5.41, 5.74) is 2.26. The minimum absolute atomic E-state index is 0.275. The van der Waals surface area contributed by atoms with Crippen LogP contribution in [-0.2, 0) is 14.3 Å². The highest BCUT2D eigenvalue weighted by atomic mass is 35.5. The average molecular weight is 414 g/mol. The van der Waals surface area contributed by atoms with E-state index in [0.29, 0.717) is 16.4 Å². The molecule has 1 heterocycles. The molecule has 2 aromatic carbocycles. The number of amides is 1. The van der Waals surface area contributed by atoms with E-state index in [0.717, 1.165) is 11.8 Å². The maximum atomic E-state index is 13.1. The van der Waals surface area contributed by atoms with Gasteiger partial charge < -0.3 is 10.1 Å². The second-order valence-corrected chi connectivity index (χ2v) is 6.39. The summed E-state index contributed by atoms with van der Waals surface area (Å²) in [7, 11) is 0. The molecular formula is C21H17ClFN3O3. The number of aromatic nitrogens is 2. The van der Waals surface area contributed by atoms with Crippen LogP contribution in [0, 0.1) is 12.7 Å². The topological polar surface area (TPSA) is 73.2 Å². The number of hydrogen-bond acceptors (Lipinski definition) is 4. The first-order chi connectivity index (χ1) is 13.9. The number of carbonyl (C=O) groups is 2. The Hall–Kier alpha value is -3.45. The maximum absolute atomic E-state index is 13.1. The van der Waals surface area contributed by atoms with Gasteiger partial charge in [-0.25, -0.2) is 13.9 Å². The lowest BCUT2D eigenvalue weighted by atomic mass is 10.2. The molecule has 0 fully saturated rings. The molecule has 0 saturated heterocycles. The van der Waals surface area contributed by atoms with Gasteiger partial charge in [0.05, 0.1) is 11.4 Å². The Labute approximate surface area is 171 Å². The van der Waals surface area contributed by atoms with Crippen LogP contribution in [0.1, 0.15) is 11.3 Å². The van der Waals surface area contributed by atoms with Crippen LogP contribution in [0.5, 0.6) is 0 Å². The zero-order valence-corrected chi connectivity index (χ0v) is 16.2. The Morgan fingerprint density at radius 3 is 2.69 bits per heavy atom. The van der Waals surface area contributed by atoms with Crippen LogP contribution < -0.4 is 5.32 Å². The molecule has 0 saturated carbocycles. The zero-order chi connectivity index (χ0) is 20.8. The highest BCUT2D eigenvalue weighted by Gasteiger charge is 2.13. The van der Waals surface area contributed by atoms with Crippen molar-refractivity contribution in [1.82, 2.24) is 9.78 Å². The Morgan fingerprint density at radius 2 is 1.97 bits per heavy atom. The number of esters is 1. The standard InChI is InChI=1S/C21H17ClFN3O3/c1-14-18(21(22)26(25-14)17-8-3-2-4-9-17)10-11-20(28)29-13-19(27)24-16-7-5-6-15(23)12-16/h2-12H,13H2,1H3,(H,24,27)/b11-10+. The van der Waals surface area contributed by atoms with E-state index in [-0.39, 0.29) is 5.69 Å². The number of halogens is 2. The van der Waals surface area contributed by atoms with Gasteiger partial charge in [0.1, 0.15) is 11.0 Å². The van der Waals surface area contributed by atoms with Crippen molar-refractivity contribution in [3.8, 4) is 5.69 Å². The van der Waals surface area contributed by atoms with Gasteiger partial charge >= 0.3 is 5.97 Å². The van der Waals surface area contributed by atoms with Crippen molar-refractivity contribution in [3.63, 3.8) is 0 Å². The van der Waals surface area contributed by atoms with Gasteiger partial charge in [-0.3, -0.25) is 4.79 Å². The van der Waals surface area contributed by atoms with E-state index in [1.165, 1.54) is 30.4 Å². The summed E-state index contributed by atoms with van der Waals surface area (Å²) in [6.45, 7) is 1.26. The highest BCUT2D eigenvalue weighted by molar-refractivity contribution is 6.31. The Balaban J connectivity index is 1.59. The van der Waals surface area contributed by atoms with Gasteiger partial charge in [-0.1, -0.05) is 35.9 Å². The van der Waals surface area contributed by atoms with Crippen LogP contribution in [0.15, 0.2) is 60.7 Å². The second kappa shape index (κ2) is 9.16. The number of hydrogen-bond donors (Lipinski definition) is 1. The quantitative estimate of drug-likeness (QED) is 0.486. The van der Waals surface area contributed by atoms with E-state index in [4.69, 9.17) is 16.3 Å². The summed E-state index contributed by atoms with van der Waals surface area (Å²) in [5.74, 6) is -1.78. The molecule has 1 amide bonds. The zero-order valence-electron chi connectivity index (χ0n) is 15.4. The monoisotopic (exact) mass is 413 g/mol. The van der Waals surface area contributed by atoms with Crippen LogP contribution >= 0.6 is 11.6 Å². The number of benzene rings is 2. The molecule has 0 radical (unpaired) electrons. The lowest BCUT2D eigenvalue weighted by Crippen LogP contribution is -2.20. The predicted molar refractivity (Wildman–Crippen MR) is 108 cm³/mol. The van der Waals surface area contributed by atoms with Crippen LogP contribution in [0.2, 0.25) is 5.15 Å². The molecule has 3 aromatic rings. The molecule has 0 aliphatic carbocycles. The van der Waals surface area contributed by atoms with Gasteiger partial charge in [-0.15, -0.1) is 0 Å². The van der Waals surface area contributed by atoms with Gasteiger partial charge in [0.2, 0.25) is 0 Å². The van der Waals surface area contributed by atoms with Gasteiger partial charge in [0, 0.05) is 17.3 Å². The first-order valence-electron chi connectivity index (χ1n) is 8.65. The third-order valence-electron chi connectivity index (χ3n) is 3.89. The Kier molecular flexibility index (Phi) is 6.41. The number of nitrogens with one attached hydrogen (secondary N) is 1. The van der Waals surface area contributed by atoms with E-state index >= 15 is 0 Å². The lowest BCUT2D eigenvalue weighted by Gasteiger charge is -2.05. The smallest absolute Gasteiger partial charge is 0.331 e. The fourth-order valence-electron chi connectivity index (χ4n) is 2.54. The molecular weight excluding hydrogens is 397 g/mol. The molecule has 0 atom stereocenters. The number of ether oxygens (including phenoxy) is 1. The molecule has 1 aromatic heterocycles. The Bertz CT molecular complexity index is 1060. The first-order valence-corrected chi connectivity index (χ1v) is 9.02. The normalized spacial score (nSPS) is 10.9. The average Bonchev–Trinajstić information content (AvgIpc) is 2.99. The fraction of sp³-hybridized carbons (Fsp3) is 0.0952. The number of para-hydroxylation sites is 1. The summed E-state index contributed by atoms with van der Waals surface area (Å²) in [5, 5.41) is 7.16. The summed E-state index contributed by atoms with van der Waals surface area (Å²) in [6.07, 6.45) is 2.65. The number of anilines is 1. The van der Waals surface area contributed by atoms with E-state index in [2.05, 4.69) is 10.4 Å². The van der Waals surface area contributed by atoms with Crippen molar-refractivity contribution < 1.29 is 18.7 Å². The van der Waals surface area contributed by atoms with Crippen molar-refractivity contribution in [3.05, 3.63) is 82.9 Å². The third-order valence-corrected chi connectivity index (χ3v) is 4.25. The summed E-state index contributed by atoms with van der Waals surface area (Å²) in [6, 6.07) is 14.7. The first kappa shape index (κ1) is 20.3. The molecule has 0 bridgehead atoms. The van der Waals surface area contributed by atoms with Crippen LogP contribution in [-0.4, -0.2) is 28.3 Å². The second-order valence-electron chi connectivity index (χ2n) is 6.04. The van der Waals surface area contributed by atoms with Crippen molar-refractivity contribution in [2.75, 3.05) is 11.9 Å². The van der Waals surface area contributed by atoms with Crippen molar-refractivity contribution >= 4 is 35.2 Å². The summed E-state index contributed by atoms with van der Waals surface area (Å²) >= 11 is 6.38. The summed E-state index contributed by atoms with van der Waals surface area (Å²) in [4.78, 5) is 23.7. The van der Waals surface area contributed by atoms with Gasteiger partial charge in [0.15, 0.2) is 6.61 Å². The number of nitrogens with zero attached hydrogens (tertiary/aromatic N) is 2. The van der Waals surface area contributed by atoms with Crippen molar-refractivity contribution in [2.24, 2.45) is 0 Å². The molecule has 0 spiro atoms. The van der Waals surface area contributed by atoms with Crippen LogP contribution in [0.25, 0.3) is 11.8 Å². The molecule has 148 valence electrons. The van der Waals surface area contributed by atoms with E-state index in [1.807, 2.05) is 30.3 Å². The predicted octanol–water partition coefficient (Wildman–Crippen LogP) is 4.17. The SMILES string of the molecule is Cc1nn(-c2ccccc2)c(Cl)c1/C=C/C(=O)OCC(=O)Nc1cccc(F)c1. The van der Waals surface area contributed by atoms with Crippen molar-refractivity contribution in [2.45, 2.75) is 6.92 Å². The largest absolute Gasteiger partial charge is 0.452 e. The van der Waals surface area contributed by atoms with Crippen LogP contribution in [0.3, 0.4) is 0 Å². The van der Waals surface area contributed by atoms with E-state index < -0.39 is 24.3 Å². The molecule has 6 nitrogen and oxygen atoms in total. The highest BCUT2D eigenvalue weighted by Crippen LogP contribution is 2.24. The molecule has 0 aliphatic heterocycles. The Morgan fingerprint density at radius 1 is 1.21 bits per heavy atom. The minimum atomic E-state index is -0.720. The molecule has 1 N–H and O–H groups in total. The molecule has 0 aliphatic rings. The van der Waals surface area contributed by atoms with Crippen LogP contribution in [0.4, 0.5) is 10.1 Å². The fourth-order valence-corrected chi connectivity index (χ4v) is 2.88. The third kappa shape index (κ3) is 5.30. The number of carbonyl (C=O) groups excluding carboxylic acids is 2. The van der Waals surface area contributed by atoms with Crippen molar-refractivity contribution in [1.29, 1.82) is 0 Å². The molecule has 3 rings (SSSR count). The van der Waals surface area contributed by atoms with E-state index in [1.54, 1.807) is 11.6 Å². The molecule has 0 unspecified atom stereocenters. The van der Waals surface area contributed by atoms with E-state index in [9.17, 15) is 14.0 Å². The number of rotatable bonds is 6. The minimum Gasteiger partial charge on any atom is -0.452 e. The molecule has 8 heteroatoms. The summed E-state index contributed by atoms with van der Waals surface area (Å²) < 4.78 is 19.6. The maximum Gasteiger partial charge on any atom is 0.331 e. The number of aryl methyl sites for hydroxylation is 1. The lowest BCUT2D eigenvalue weighted by molar-refractivity contribution is -0.142. The molecule has 29 heavy (non-hydrogen) atoms. The van der Waals surface area contributed by atoms with Gasteiger partial charge in [-0.05, 0) is 43.3 Å². The van der Waals surface area contributed by atoms with Gasteiger partial charge in [0.25, 0.3) is 5.91 Å². The van der Waals surface area contributed by atoms with Gasteiger partial charge in [-0.2, -0.15) is 5.10 Å².